The molecule has 2 aromatic carbocycles. The SMILES string of the molecule is Cc1c(Cl)cccc1NC(=O)CNC(=O)CN[C@@H](C)c1ccc(F)c(F)c1. The molecule has 2 amide bonds. The van der Waals surface area contributed by atoms with Crippen molar-refractivity contribution >= 4 is 29.1 Å². The summed E-state index contributed by atoms with van der Waals surface area (Å²) in [7, 11) is 0. The third-order valence-electron chi connectivity index (χ3n) is 4.00. The van der Waals surface area contributed by atoms with Crippen molar-refractivity contribution in [2.45, 2.75) is 19.9 Å². The summed E-state index contributed by atoms with van der Waals surface area (Å²) in [5, 5.41) is 8.58. The van der Waals surface area contributed by atoms with Crippen molar-refractivity contribution in [1.82, 2.24) is 10.6 Å². The van der Waals surface area contributed by atoms with Crippen molar-refractivity contribution in [3.8, 4) is 0 Å². The number of benzene rings is 2. The van der Waals surface area contributed by atoms with Crippen LogP contribution in [0.1, 0.15) is 24.1 Å². The molecule has 2 aromatic rings. The van der Waals surface area contributed by atoms with E-state index in [0.29, 0.717) is 16.3 Å². The van der Waals surface area contributed by atoms with E-state index in [1.54, 1.807) is 32.0 Å². The van der Waals surface area contributed by atoms with Gasteiger partial charge < -0.3 is 16.0 Å². The molecule has 3 N–H and O–H groups in total. The van der Waals surface area contributed by atoms with Crippen molar-refractivity contribution in [3.63, 3.8) is 0 Å². The lowest BCUT2D eigenvalue weighted by atomic mass is 10.1. The van der Waals surface area contributed by atoms with Crippen LogP contribution in [0.3, 0.4) is 0 Å². The molecular formula is C19H20ClF2N3O2. The van der Waals surface area contributed by atoms with Gasteiger partial charge in [0.25, 0.3) is 0 Å². The van der Waals surface area contributed by atoms with Crippen LogP contribution in [0.15, 0.2) is 36.4 Å². The number of anilines is 1. The fourth-order valence-corrected chi connectivity index (χ4v) is 2.50. The second kappa shape index (κ2) is 9.43. The van der Waals surface area contributed by atoms with Gasteiger partial charge in [0.15, 0.2) is 11.6 Å². The zero-order chi connectivity index (χ0) is 20.0. The van der Waals surface area contributed by atoms with Gasteiger partial charge in [-0.15, -0.1) is 0 Å². The molecule has 0 spiro atoms. The summed E-state index contributed by atoms with van der Waals surface area (Å²) < 4.78 is 26.2. The molecule has 0 aromatic heterocycles. The predicted molar refractivity (Wildman–Crippen MR) is 101 cm³/mol. The van der Waals surface area contributed by atoms with Crippen LogP contribution in [0, 0.1) is 18.6 Å². The van der Waals surface area contributed by atoms with Crippen LogP contribution in [0.4, 0.5) is 14.5 Å². The number of carbonyl (C=O) groups is 2. The van der Waals surface area contributed by atoms with Crippen LogP contribution in [0.5, 0.6) is 0 Å². The van der Waals surface area contributed by atoms with Gasteiger partial charge in [-0.05, 0) is 49.2 Å². The van der Waals surface area contributed by atoms with E-state index in [-0.39, 0.29) is 25.0 Å². The molecule has 0 aliphatic heterocycles. The quantitative estimate of drug-likeness (QED) is 0.673. The van der Waals surface area contributed by atoms with Gasteiger partial charge in [0.2, 0.25) is 11.8 Å². The highest BCUT2D eigenvalue weighted by Crippen LogP contribution is 2.22. The highest BCUT2D eigenvalue weighted by atomic mass is 35.5. The van der Waals surface area contributed by atoms with Crippen LogP contribution in [-0.4, -0.2) is 24.9 Å². The smallest absolute Gasteiger partial charge is 0.243 e. The molecule has 0 heterocycles. The van der Waals surface area contributed by atoms with Crippen LogP contribution in [0.2, 0.25) is 5.02 Å². The second-order valence-electron chi connectivity index (χ2n) is 6.01. The maximum absolute atomic E-state index is 13.2. The molecule has 0 saturated carbocycles. The molecule has 0 bridgehead atoms. The standard InChI is InChI=1S/C19H20ClF2N3O2/c1-11-14(20)4-3-5-17(11)25-19(27)10-24-18(26)9-23-12(2)13-6-7-15(21)16(22)8-13/h3-8,12,23H,9-10H2,1-2H3,(H,24,26)(H,25,27)/t12-/m0/s1. The lowest BCUT2D eigenvalue weighted by Crippen LogP contribution is -2.39. The lowest BCUT2D eigenvalue weighted by Gasteiger charge is -2.14. The molecule has 144 valence electrons. The molecule has 5 nitrogen and oxygen atoms in total. The highest BCUT2D eigenvalue weighted by Gasteiger charge is 2.12. The number of nitrogens with one attached hydrogen (secondary N) is 3. The topological polar surface area (TPSA) is 70.2 Å². The number of rotatable bonds is 7. The minimum Gasteiger partial charge on any atom is -0.346 e. The Morgan fingerprint density at radius 2 is 1.81 bits per heavy atom. The normalized spacial score (nSPS) is 11.7. The lowest BCUT2D eigenvalue weighted by molar-refractivity contribution is -0.123. The summed E-state index contributed by atoms with van der Waals surface area (Å²) in [5.41, 5.74) is 1.82. The van der Waals surface area contributed by atoms with E-state index in [1.807, 2.05) is 0 Å². The Morgan fingerprint density at radius 3 is 2.52 bits per heavy atom. The molecule has 0 aliphatic rings. The summed E-state index contributed by atoms with van der Waals surface area (Å²) in [6.45, 7) is 3.21. The first-order valence-electron chi connectivity index (χ1n) is 8.28. The Balaban J connectivity index is 1.77. The third-order valence-corrected chi connectivity index (χ3v) is 4.41. The average molecular weight is 396 g/mol. The van der Waals surface area contributed by atoms with E-state index in [9.17, 15) is 18.4 Å². The zero-order valence-electron chi connectivity index (χ0n) is 14.9. The molecule has 0 saturated heterocycles. The number of amides is 2. The second-order valence-corrected chi connectivity index (χ2v) is 6.42. The van der Waals surface area contributed by atoms with Gasteiger partial charge in [0.1, 0.15) is 0 Å². The minimum atomic E-state index is -0.946. The Kier molecular flexibility index (Phi) is 7.27. The number of hydrogen-bond donors (Lipinski definition) is 3. The van der Waals surface area contributed by atoms with E-state index in [0.717, 1.165) is 17.7 Å². The van der Waals surface area contributed by atoms with Gasteiger partial charge in [-0.1, -0.05) is 23.7 Å². The maximum atomic E-state index is 13.2. The predicted octanol–water partition coefficient (Wildman–Crippen LogP) is 3.33. The van der Waals surface area contributed by atoms with Crippen molar-refractivity contribution in [2.75, 3.05) is 18.4 Å². The van der Waals surface area contributed by atoms with Crippen LogP contribution >= 0.6 is 11.6 Å². The average Bonchev–Trinajstić information content (AvgIpc) is 2.64. The number of halogens is 3. The van der Waals surface area contributed by atoms with Crippen molar-refractivity contribution in [3.05, 3.63) is 64.2 Å². The maximum Gasteiger partial charge on any atom is 0.243 e. The van der Waals surface area contributed by atoms with Crippen molar-refractivity contribution in [1.29, 1.82) is 0 Å². The van der Waals surface area contributed by atoms with E-state index >= 15 is 0 Å². The van der Waals surface area contributed by atoms with Gasteiger partial charge in [0, 0.05) is 16.8 Å². The fourth-order valence-electron chi connectivity index (χ4n) is 2.32. The summed E-state index contributed by atoms with van der Waals surface area (Å²) in [6, 6.07) is 8.33. The zero-order valence-corrected chi connectivity index (χ0v) is 15.7. The first kappa shape index (κ1) is 20.8. The fraction of sp³-hybridized carbons (Fsp3) is 0.263. The molecule has 0 radical (unpaired) electrons. The molecule has 8 heteroatoms. The molecule has 1 atom stereocenters. The molecule has 2 rings (SSSR count). The third kappa shape index (κ3) is 6.01. The number of hydrogen-bond acceptors (Lipinski definition) is 3. The summed E-state index contributed by atoms with van der Waals surface area (Å²) in [6.07, 6.45) is 0. The largest absolute Gasteiger partial charge is 0.346 e. The van der Waals surface area contributed by atoms with E-state index < -0.39 is 17.5 Å². The van der Waals surface area contributed by atoms with E-state index in [1.165, 1.54) is 6.07 Å². The van der Waals surface area contributed by atoms with Crippen molar-refractivity contribution < 1.29 is 18.4 Å². The number of carbonyl (C=O) groups excluding carboxylic acids is 2. The van der Waals surface area contributed by atoms with Crippen LogP contribution in [-0.2, 0) is 9.59 Å². The summed E-state index contributed by atoms with van der Waals surface area (Å²) in [4.78, 5) is 23.8. The van der Waals surface area contributed by atoms with Gasteiger partial charge in [-0.2, -0.15) is 0 Å². The monoisotopic (exact) mass is 395 g/mol. The molecule has 0 fully saturated rings. The van der Waals surface area contributed by atoms with Crippen molar-refractivity contribution in [2.24, 2.45) is 0 Å². The van der Waals surface area contributed by atoms with Gasteiger partial charge in [-0.3, -0.25) is 9.59 Å². The molecule has 0 aliphatic carbocycles. The first-order chi connectivity index (χ1) is 12.8. The van der Waals surface area contributed by atoms with Gasteiger partial charge in [-0.25, -0.2) is 8.78 Å². The first-order valence-corrected chi connectivity index (χ1v) is 8.65. The Bertz CT molecular complexity index is 846. The Hall–Kier alpha value is -2.51. The summed E-state index contributed by atoms with van der Waals surface area (Å²) in [5.74, 6) is -2.66. The van der Waals surface area contributed by atoms with E-state index in [2.05, 4.69) is 16.0 Å². The Labute approximate surface area is 161 Å². The molecular weight excluding hydrogens is 376 g/mol. The molecule has 0 unspecified atom stereocenters. The van der Waals surface area contributed by atoms with Crippen LogP contribution in [0.25, 0.3) is 0 Å². The van der Waals surface area contributed by atoms with Crippen LogP contribution < -0.4 is 16.0 Å². The van der Waals surface area contributed by atoms with Gasteiger partial charge >= 0.3 is 0 Å². The molecule has 27 heavy (non-hydrogen) atoms. The highest BCUT2D eigenvalue weighted by molar-refractivity contribution is 6.31. The van der Waals surface area contributed by atoms with Gasteiger partial charge in [0.05, 0.1) is 13.1 Å². The summed E-state index contributed by atoms with van der Waals surface area (Å²) >= 11 is 5.99. The Morgan fingerprint density at radius 1 is 1.07 bits per heavy atom. The van der Waals surface area contributed by atoms with E-state index in [4.69, 9.17) is 11.6 Å². The minimum absolute atomic E-state index is 0.0797.